The Kier molecular flexibility index (Phi) is 5.16. The van der Waals surface area contributed by atoms with Gasteiger partial charge in [0.25, 0.3) is 0 Å². The van der Waals surface area contributed by atoms with Crippen molar-refractivity contribution in [3.63, 3.8) is 0 Å². The van der Waals surface area contributed by atoms with Crippen molar-refractivity contribution >= 4 is 9.04 Å². The third-order valence-electron chi connectivity index (χ3n) is 1.98. The highest BCUT2D eigenvalue weighted by molar-refractivity contribution is 6.48. The summed E-state index contributed by atoms with van der Waals surface area (Å²) in [5, 5.41) is 0. The van der Waals surface area contributed by atoms with Gasteiger partial charge in [0.2, 0.25) is 9.04 Å². The predicted octanol–water partition coefficient (Wildman–Crippen LogP) is 3.02. The minimum Gasteiger partial charge on any atom is -0.505 e. The van der Waals surface area contributed by atoms with Crippen LogP contribution in [0.2, 0.25) is 13.1 Å². The molecule has 0 fully saturated rings. The number of rotatable bonds is 2. The van der Waals surface area contributed by atoms with Gasteiger partial charge in [-0.15, -0.1) is 0 Å². The molecule has 0 N–H and O–H groups in total. The molecule has 0 bridgehead atoms. The fourth-order valence-corrected chi connectivity index (χ4v) is 1.46. The summed E-state index contributed by atoms with van der Waals surface area (Å²) in [4.78, 5) is 0. The third kappa shape index (κ3) is 5.76. The van der Waals surface area contributed by atoms with Gasteiger partial charge in [0, 0.05) is 5.92 Å². The molecule has 1 nitrogen and oxygen atoms in total. The molecule has 1 unspecified atom stereocenters. The zero-order valence-corrected chi connectivity index (χ0v) is 10.9. The summed E-state index contributed by atoms with van der Waals surface area (Å²) >= 11 is 0. The van der Waals surface area contributed by atoms with E-state index < -0.39 is 9.04 Å². The van der Waals surface area contributed by atoms with Crippen LogP contribution in [-0.2, 0) is 4.43 Å². The predicted molar refractivity (Wildman–Crippen MR) is 61.0 cm³/mol. The fraction of sp³-hybridized carbons (Fsp3) is 0.818. The summed E-state index contributed by atoms with van der Waals surface area (Å²) in [5.74, 6) is 3.65. The Hall–Kier alpha value is -0.423. The van der Waals surface area contributed by atoms with E-state index in [1.807, 2.05) is 0 Å². The van der Waals surface area contributed by atoms with Gasteiger partial charge in [0.1, 0.15) is 0 Å². The van der Waals surface area contributed by atoms with Crippen molar-refractivity contribution in [2.24, 2.45) is 11.3 Å². The van der Waals surface area contributed by atoms with Crippen LogP contribution in [0.3, 0.4) is 0 Å². The molecule has 0 aromatic carbocycles. The topological polar surface area (TPSA) is 9.23 Å². The van der Waals surface area contributed by atoms with Gasteiger partial charge < -0.3 is 4.43 Å². The van der Waals surface area contributed by atoms with E-state index in [2.05, 4.69) is 52.8 Å². The summed E-state index contributed by atoms with van der Waals surface area (Å²) in [5.41, 5.74) is 0.268. The lowest BCUT2D eigenvalue weighted by Crippen LogP contribution is -2.18. The molecule has 0 rings (SSSR count). The molecule has 0 aliphatic heterocycles. The van der Waals surface area contributed by atoms with E-state index >= 15 is 0 Å². The molecule has 0 saturated heterocycles. The maximum absolute atomic E-state index is 5.35. The molecule has 0 aromatic heterocycles. The van der Waals surface area contributed by atoms with Crippen LogP contribution < -0.4 is 0 Å². The van der Waals surface area contributed by atoms with Gasteiger partial charge in [0.05, 0.1) is 6.11 Å². The third-order valence-corrected chi connectivity index (χ3v) is 2.57. The van der Waals surface area contributed by atoms with Crippen LogP contribution in [0.4, 0.5) is 0 Å². The molecular weight excluding hydrogens is 176 g/mol. The zero-order chi connectivity index (χ0) is 10.5. The summed E-state index contributed by atoms with van der Waals surface area (Å²) in [7, 11) is -0.968. The van der Waals surface area contributed by atoms with Crippen molar-refractivity contribution in [1.29, 1.82) is 0 Å². The molecule has 0 radical (unpaired) electrons. The standard InChI is InChI=1S/C11H22OSi/c1-7-10(11(2,3)4)8-9-12-13(5)6/h10,13H,7H2,1-6H3. The minimum absolute atomic E-state index is 0.268. The Morgan fingerprint density at radius 1 is 1.31 bits per heavy atom. The Balaban J connectivity index is 4.18. The molecule has 0 heterocycles. The summed E-state index contributed by atoms with van der Waals surface area (Å²) in [6.45, 7) is 13.1. The first-order valence-electron chi connectivity index (χ1n) is 5.04. The average Bonchev–Trinajstić information content (AvgIpc) is 1.95. The highest BCUT2D eigenvalue weighted by Crippen LogP contribution is 2.27. The van der Waals surface area contributed by atoms with Crippen molar-refractivity contribution in [1.82, 2.24) is 0 Å². The molecule has 2 heteroatoms. The van der Waals surface area contributed by atoms with Gasteiger partial charge in [-0.2, -0.15) is 0 Å². The highest BCUT2D eigenvalue weighted by Gasteiger charge is 2.20. The first kappa shape index (κ1) is 12.6. The second kappa shape index (κ2) is 5.34. The molecule has 76 valence electrons. The first-order chi connectivity index (χ1) is 5.88. The summed E-state index contributed by atoms with van der Waals surface area (Å²) in [6, 6.07) is 0. The van der Waals surface area contributed by atoms with Gasteiger partial charge in [-0.3, -0.25) is 0 Å². The Labute approximate surface area is 84.6 Å². The lowest BCUT2D eigenvalue weighted by atomic mass is 9.80. The Bertz CT molecular complexity index is 192. The molecule has 1 atom stereocenters. The van der Waals surface area contributed by atoms with Crippen LogP contribution in [0.25, 0.3) is 0 Å². The van der Waals surface area contributed by atoms with Crippen molar-refractivity contribution in [3.8, 4) is 12.0 Å². The number of hydrogen-bond donors (Lipinski definition) is 0. The number of hydrogen-bond acceptors (Lipinski definition) is 1. The maximum Gasteiger partial charge on any atom is 0.244 e. The van der Waals surface area contributed by atoms with Gasteiger partial charge in [-0.25, -0.2) is 0 Å². The lowest BCUT2D eigenvalue weighted by Gasteiger charge is -2.24. The van der Waals surface area contributed by atoms with Crippen LogP contribution in [-0.4, -0.2) is 9.04 Å². The van der Waals surface area contributed by atoms with Crippen molar-refractivity contribution in [3.05, 3.63) is 0 Å². The van der Waals surface area contributed by atoms with Gasteiger partial charge in [-0.05, 0) is 24.9 Å². The fourth-order valence-electron chi connectivity index (χ4n) is 1.15. The molecule has 13 heavy (non-hydrogen) atoms. The maximum atomic E-state index is 5.35. The van der Waals surface area contributed by atoms with Crippen molar-refractivity contribution in [2.75, 3.05) is 0 Å². The van der Waals surface area contributed by atoms with Crippen LogP contribution >= 0.6 is 0 Å². The van der Waals surface area contributed by atoms with E-state index in [4.69, 9.17) is 4.43 Å². The van der Waals surface area contributed by atoms with Crippen LogP contribution in [0.1, 0.15) is 34.1 Å². The summed E-state index contributed by atoms with van der Waals surface area (Å²) < 4.78 is 5.35. The molecule has 0 aromatic rings. The first-order valence-corrected chi connectivity index (χ1v) is 7.82. The second-order valence-corrected chi connectivity index (χ2v) is 7.07. The molecule has 0 spiro atoms. The van der Waals surface area contributed by atoms with E-state index in [1.165, 1.54) is 0 Å². The minimum atomic E-state index is -0.968. The van der Waals surface area contributed by atoms with E-state index in [0.717, 1.165) is 6.42 Å². The van der Waals surface area contributed by atoms with E-state index in [-0.39, 0.29) is 5.41 Å². The molecule has 0 saturated carbocycles. The van der Waals surface area contributed by atoms with E-state index in [1.54, 1.807) is 0 Å². The van der Waals surface area contributed by atoms with Crippen molar-refractivity contribution in [2.45, 2.75) is 47.2 Å². The van der Waals surface area contributed by atoms with Crippen LogP contribution in [0, 0.1) is 23.4 Å². The SMILES string of the molecule is CCC(C#CO[SiH](C)C)C(C)(C)C. The monoisotopic (exact) mass is 198 g/mol. The van der Waals surface area contributed by atoms with E-state index in [9.17, 15) is 0 Å². The van der Waals surface area contributed by atoms with Gasteiger partial charge in [-0.1, -0.05) is 33.6 Å². The smallest absolute Gasteiger partial charge is 0.244 e. The lowest BCUT2D eigenvalue weighted by molar-refractivity contribution is 0.294. The van der Waals surface area contributed by atoms with Crippen molar-refractivity contribution < 1.29 is 4.43 Å². The normalized spacial score (nSPS) is 13.5. The highest BCUT2D eigenvalue weighted by atomic mass is 28.3. The molecule has 0 aliphatic carbocycles. The molecule has 0 aliphatic rings. The summed E-state index contributed by atoms with van der Waals surface area (Å²) in [6.07, 6.45) is 3.95. The van der Waals surface area contributed by atoms with E-state index in [0.29, 0.717) is 5.92 Å². The Morgan fingerprint density at radius 2 is 1.85 bits per heavy atom. The van der Waals surface area contributed by atoms with Crippen LogP contribution in [0.15, 0.2) is 0 Å². The quantitative estimate of drug-likeness (QED) is 0.489. The largest absolute Gasteiger partial charge is 0.505 e. The van der Waals surface area contributed by atoms with Gasteiger partial charge in [0.15, 0.2) is 0 Å². The van der Waals surface area contributed by atoms with Gasteiger partial charge >= 0.3 is 0 Å². The van der Waals surface area contributed by atoms with Crippen LogP contribution in [0.5, 0.6) is 0 Å². The second-order valence-electron chi connectivity index (χ2n) is 4.74. The Morgan fingerprint density at radius 3 is 2.15 bits per heavy atom. The average molecular weight is 198 g/mol. The molecular formula is C11H22OSi. The zero-order valence-electron chi connectivity index (χ0n) is 9.77. The molecule has 0 amide bonds.